The van der Waals surface area contributed by atoms with E-state index in [0.717, 1.165) is 0 Å². The average molecular weight is 729 g/mol. The SMILES string of the molecule is Cc1ccc(-c2ccc3c(c2)C(C)(c2ccc(-c4ccc(C)c5ccccc45)c4c2-c2ccccc2C4(C)C)c2cc(-c4ccccc4)ccc2-3)c2ccccc12. The molecule has 0 heterocycles. The molecule has 2 aliphatic rings. The average Bonchev–Trinajstić information content (AvgIpc) is 3.65. The third-order valence-electron chi connectivity index (χ3n) is 13.6. The first-order valence-corrected chi connectivity index (χ1v) is 20.4. The van der Waals surface area contributed by atoms with Gasteiger partial charge in [0, 0.05) is 10.8 Å². The van der Waals surface area contributed by atoms with Crippen molar-refractivity contribution in [3.8, 4) is 55.6 Å². The Morgan fingerprint density at radius 1 is 0.316 bits per heavy atom. The molecule has 0 aromatic heterocycles. The normalized spacial score (nSPS) is 16.0. The lowest BCUT2D eigenvalue weighted by molar-refractivity contribution is 0.658. The highest BCUT2D eigenvalue weighted by molar-refractivity contribution is 6.03. The fourth-order valence-electron chi connectivity index (χ4n) is 10.7. The molecule has 0 spiro atoms. The fraction of sp³-hybridized carbons (Fsp3) is 0.123. The van der Waals surface area contributed by atoms with Crippen LogP contribution in [0.15, 0.2) is 176 Å². The Morgan fingerprint density at radius 3 is 1.51 bits per heavy atom. The summed E-state index contributed by atoms with van der Waals surface area (Å²) in [6, 6.07) is 66.5. The van der Waals surface area contributed by atoms with Gasteiger partial charge in [-0.2, -0.15) is 0 Å². The molecular weight excluding hydrogens is 685 g/mol. The molecule has 1 atom stereocenters. The zero-order valence-corrected chi connectivity index (χ0v) is 33.2. The van der Waals surface area contributed by atoms with Crippen LogP contribution in [0.1, 0.15) is 59.7 Å². The lowest BCUT2D eigenvalue weighted by Gasteiger charge is -2.33. The van der Waals surface area contributed by atoms with Gasteiger partial charge in [-0.15, -0.1) is 0 Å². The van der Waals surface area contributed by atoms with Crippen LogP contribution in [0.2, 0.25) is 0 Å². The summed E-state index contributed by atoms with van der Waals surface area (Å²) >= 11 is 0. The lowest BCUT2D eigenvalue weighted by Crippen LogP contribution is -2.25. The molecule has 2 aliphatic carbocycles. The van der Waals surface area contributed by atoms with Crippen LogP contribution in [0.3, 0.4) is 0 Å². The summed E-state index contributed by atoms with van der Waals surface area (Å²) in [5, 5.41) is 5.23. The Balaban J connectivity index is 1.24. The molecule has 0 heteroatoms. The van der Waals surface area contributed by atoms with Crippen LogP contribution in [0, 0.1) is 13.8 Å². The van der Waals surface area contributed by atoms with Crippen LogP contribution in [-0.2, 0) is 10.8 Å². The van der Waals surface area contributed by atoms with E-state index >= 15 is 0 Å². The first-order valence-electron chi connectivity index (χ1n) is 20.4. The minimum atomic E-state index is -0.447. The largest absolute Gasteiger partial charge is 0.0622 e. The van der Waals surface area contributed by atoms with E-state index in [4.69, 9.17) is 0 Å². The Labute approximate surface area is 336 Å². The van der Waals surface area contributed by atoms with E-state index in [0.29, 0.717) is 0 Å². The van der Waals surface area contributed by atoms with Crippen LogP contribution < -0.4 is 0 Å². The van der Waals surface area contributed by atoms with Gasteiger partial charge in [0.25, 0.3) is 0 Å². The second-order valence-corrected chi connectivity index (χ2v) is 17.0. The maximum absolute atomic E-state index is 2.52. The molecule has 0 fully saturated rings. The van der Waals surface area contributed by atoms with Gasteiger partial charge in [0.15, 0.2) is 0 Å². The Hall–Kier alpha value is -6.50. The number of benzene rings is 9. The van der Waals surface area contributed by atoms with Crippen molar-refractivity contribution in [1.29, 1.82) is 0 Å². The van der Waals surface area contributed by atoms with Gasteiger partial charge < -0.3 is 0 Å². The summed E-state index contributed by atoms with van der Waals surface area (Å²) in [7, 11) is 0. The molecule has 11 rings (SSSR count). The molecular formula is C57H44. The molecule has 9 aromatic rings. The van der Waals surface area contributed by atoms with Gasteiger partial charge in [-0.25, -0.2) is 0 Å². The van der Waals surface area contributed by atoms with E-state index in [2.05, 4.69) is 211 Å². The van der Waals surface area contributed by atoms with E-state index in [1.165, 1.54) is 116 Å². The number of aryl methyl sites for hydroxylation is 2. The minimum absolute atomic E-state index is 0.210. The van der Waals surface area contributed by atoms with E-state index < -0.39 is 5.41 Å². The van der Waals surface area contributed by atoms with Crippen molar-refractivity contribution < 1.29 is 0 Å². The van der Waals surface area contributed by atoms with Gasteiger partial charge >= 0.3 is 0 Å². The van der Waals surface area contributed by atoms with Crippen molar-refractivity contribution in [2.24, 2.45) is 0 Å². The first kappa shape index (κ1) is 33.8. The van der Waals surface area contributed by atoms with Crippen LogP contribution in [0.4, 0.5) is 0 Å². The fourth-order valence-corrected chi connectivity index (χ4v) is 10.7. The molecule has 0 nitrogen and oxygen atoms in total. The topological polar surface area (TPSA) is 0 Å². The summed E-state index contributed by atoms with van der Waals surface area (Å²) < 4.78 is 0. The van der Waals surface area contributed by atoms with E-state index in [-0.39, 0.29) is 5.41 Å². The van der Waals surface area contributed by atoms with Gasteiger partial charge in [0.1, 0.15) is 0 Å². The predicted octanol–water partition coefficient (Wildman–Crippen LogP) is 15.3. The van der Waals surface area contributed by atoms with Crippen molar-refractivity contribution in [3.63, 3.8) is 0 Å². The number of hydrogen-bond donors (Lipinski definition) is 0. The molecule has 1 unspecified atom stereocenters. The Kier molecular flexibility index (Phi) is 7.26. The summed E-state index contributed by atoms with van der Waals surface area (Å²) in [4.78, 5) is 0. The Bertz CT molecular complexity index is 3120. The standard InChI is InChI=1S/C57H44/c1-35-23-27-42(43-19-11-9-17-40(35)43)39-26-30-47-46-29-25-38(37-15-7-6-8-16-37)33-52(46)57(5,53(47)34-39)51-32-31-48(45-28-24-36(2)41-18-10-12-20-44(41)45)55-54(51)49-21-13-14-22-50(49)56(55,3)4/h6-34H,1-5H3. The summed E-state index contributed by atoms with van der Waals surface area (Å²) in [6.45, 7) is 11.8. The predicted molar refractivity (Wildman–Crippen MR) is 242 cm³/mol. The number of hydrogen-bond acceptors (Lipinski definition) is 0. The van der Waals surface area contributed by atoms with Crippen molar-refractivity contribution in [1.82, 2.24) is 0 Å². The van der Waals surface area contributed by atoms with Gasteiger partial charge in [0.2, 0.25) is 0 Å². The molecule has 0 aliphatic heterocycles. The molecule has 0 bridgehead atoms. The molecule has 57 heavy (non-hydrogen) atoms. The highest BCUT2D eigenvalue weighted by Gasteiger charge is 2.47. The van der Waals surface area contributed by atoms with Crippen molar-refractivity contribution in [2.45, 2.75) is 45.4 Å². The molecule has 0 amide bonds. The van der Waals surface area contributed by atoms with Crippen LogP contribution in [0.25, 0.3) is 77.2 Å². The van der Waals surface area contributed by atoms with E-state index in [1.54, 1.807) is 0 Å². The highest BCUT2D eigenvalue weighted by Crippen LogP contribution is 2.61. The second kappa shape index (κ2) is 12.2. The molecule has 0 radical (unpaired) electrons. The third-order valence-corrected chi connectivity index (χ3v) is 13.6. The zero-order chi connectivity index (χ0) is 38.6. The highest BCUT2D eigenvalue weighted by atomic mass is 14.5. The smallest absolute Gasteiger partial charge is 0.0442 e. The Morgan fingerprint density at radius 2 is 0.825 bits per heavy atom. The van der Waals surface area contributed by atoms with Gasteiger partial charge in [0.05, 0.1) is 0 Å². The molecule has 272 valence electrons. The quantitative estimate of drug-likeness (QED) is 0.169. The van der Waals surface area contributed by atoms with Gasteiger partial charge in [-0.05, 0) is 149 Å². The summed E-state index contributed by atoms with van der Waals surface area (Å²) in [5.41, 5.74) is 21.9. The van der Waals surface area contributed by atoms with Crippen molar-refractivity contribution in [2.75, 3.05) is 0 Å². The van der Waals surface area contributed by atoms with E-state index in [9.17, 15) is 0 Å². The molecule has 0 saturated heterocycles. The van der Waals surface area contributed by atoms with Crippen molar-refractivity contribution in [3.05, 3.63) is 215 Å². The monoisotopic (exact) mass is 728 g/mol. The van der Waals surface area contributed by atoms with E-state index in [1.807, 2.05) is 0 Å². The van der Waals surface area contributed by atoms with Gasteiger partial charge in [-0.3, -0.25) is 0 Å². The van der Waals surface area contributed by atoms with Crippen LogP contribution in [0.5, 0.6) is 0 Å². The van der Waals surface area contributed by atoms with Crippen LogP contribution >= 0.6 is 0 Å². The maximum Gasteiger partial charge on any atom is 0.0442 e. The molecule has 9 aromatic carbocycles. The second-order valence-electron chi connectivity index (χ2n) is 17.0. The van der Waals surface area contributed by atoms with Crippen molar-refractivity contribution >= 4 is 21.5 Å². The minimum Gasteiger partial charge on any atom is -0.0622 e. The number of rotatable bonds is 4. The first-order chi connectivity index (χ1) is 27.7. The molecule has 0 saturated carbocycles. The summed E-state index contributed by atoms with van der Waals surface area (Å²) in [5.74, 6) is 0. The van der Waals surface area contributed by atoms with Gasteiger partial charge in [-0.1, -0.05) is 178 Å². The van der Waals surface area contributed by atoms with Crippen LogP contribution in [-0.4, -0.2) is 0 Å². The maximum atomic E-state index is 2.52. The third kappa shape index (κ3) is 4.74. The zero-order valence-electron chi connectivity index (χ0n) is 33.2. The number of fused-ring (bicyclic) bond motifs is 8. The summed E-state index contributed by atoms with van der Waals surface area (Å²) in [6.07, 6.45) is 0. The lowest BCUT2D eigenvalue weighted by atomic mass is 9.69. The molecule has 0 N–H and O–H groups in total.